The SMILES string of the molecule is CCOC(=O)C(N)CCN1CCC(C)C(OC)C1. The van der Waals surface area contributed by atoms with Crippen LogP contribution in [0.5, 0.6) is 0 Å². The normalized spacial score (nSPS) is 26.9. The highest BCUT2D eigenvalue weighted by atomic mass is 16.5. The lowest BCUT2D eigenvalue weighted by Crippen LogP contribution is -2.45. The van der Waals surface area contributed by atoms with E-state index in [2.05, 4.69) is 11.8 Å². The molecule has 5 heteroatoms. The lowest BCUT2D eigenvalue weighted by Gasteiger charge is -2.36. The van der Waals surface area contributed by atoms with Crippen LogP contribution in [0, 0.1) is 5.92 Å². The van der Waals surface area contributed by atoms with Gasteiger partial charge in [0.15, 0.2) is 0 Å². The molecule has 0 radical (unpaired) electrons. The summed E-state index contributed by atoms with van der Waals surface area (Å²) in [7, 11) is 1.76. The molecule has 0 aliphatic carbocycles. The molecule has 1 aliphatic rings. The molecule has 0 saturated carbocycles. The molecule has 1 rings (SSSR count). The summed E-state index contributed by atoms with van der Waals surface area (Å²) in [5, 5.41) is 0. The number of carbonyl (C=O) groups is 1. The number of methoxy groups -OCH3 is 1. The number of esters is 1. The molecule has 1 heterocycles. The average molecular weight is 258 g/mol. The number of piperidine rings is 1. The monoisotopic (exact) mass is 258 g/mol. The van der Waals surface area contributed by atoms with Gasteiger partial charge in [-0.2, -0.15) is 0 Å². The molecule has 0 spiro atoms. The minimum Gasteiger partial charge on any atom is -0.465 e. The third kappa shape index (κ3) is 4.55. The molecule has 0 amide bonds. The van der Waals surface area contributed by atoms with Crippen molar-refractivity contribution in [3.63, 3.8) is 0 Å². The Labute approximate surface area is 110 Å². The first kappa shape index (κ1) is 15.4. The molecule has 0 bridgehead atoms. The second kappa shape index (κ2) is 7.71. The Balaban J connectivity index is 2.29. The van der Waals surface area contributed by atoms with Crippen molar-refractivity contribution in [2.24, 2.45) is 11.7 Å². The van der Waals surface area contributed by atoms with Gasteiger partial charge in [-0.25, -0.2) is 0 Å². The van der Waals surface area contributed by atoms with E-state index in [1.807, 2.05) is 0 Å². The number of nitrogens with zero attached hydrogens (tertiary/aromatic N) is 1. The van der Waals surface area contributed by atoms with E-state index >= 15 is 0 Å². The number of hydrogen-bond donors (Lipinski definition) is 1. The zero-order chi connectivity index (χ0) is 13.5. The highest BCUT2D eigenvalue weighted by Crippen LogP contribution is 2.19. The molecular formula is C13H26N2O3. The van der Waals surface area contributed by atoms with Crippen LogP contribution in [-0.4, -0.2) is 56.4 Å². The van der Waals surface area contributed by atoms with E-state index in [4.69, 9.17) is 15.2 Å². The van der Waals surface area contributed by atoms with Gasteiger partial charge in [-0.3, -0.25) is 4.79 Å². The first-order valence-corrected chi connectivity index (χ1v) is 6.75. The molecular weight excluding hydrogens is 232 g/mol. The Bertz CT molecular complexity index is 261. The predicted molar refractivity (Wildman–Crippen MR) is 70.2 cm³/mol. The molecule has 1 aliphatic heterocycles. The highest BCUT2D eigenvalue weighted by molar-refractivity contribution is 5.75. The van der Waals surface area contributed by atoms with Gasteiger partial charge >= 0.3 is 5.97 Å². The zero-order valence-electron chi connectivity index (χ0n) is 11.7. The molecule has 106 valence electrons. The molecule has 3 unspecified atom stereocenters. The van der Waals surface area contributed by atoms with Crippen LogP contribution in [0.4, 0.5) is 0 Å². The van der Waals surface area contributed by atoms with E-state index in [1.54, 1.807) is 14.0 Å². The third-order valence-corrected chi connectivity index (χ3v) is 3.62. The van der Waals surface area contributed by atoms with Gasteiger partial charge in [0.25, 0.3) is 0 Å². The minimum atomic E-state index is -0.509. The first-order chi connectivity index (χ1) is 8.58. The molecule has 3 atom stereocenters. The summed E-state index contributed by atoms with van der Waals surface area (Å²) in [6, 6.07) is -0.509. The van der Waals surface area contributed by atoms with Crippen molar-refractivity contribution in [2.75, 3.05) is 33.4 Å². The third-order valence-electron chi connectivity index (χ3n) is 3.62. The first-order valence-electron chi connectivity index (χ1n) is 6.75. The lowest BCUT2D eigenvalue weighted by molar-refractivity contribution is -0.145. The Hall–Kier alpha value is -0.650. The fourth-order valence-electron chi connectivity index (χ4n) is 2.30. The number of hydrogen-bond acceptors (Lipinski definition) is 5. The molecule has 1 fully saturated rings. The minimum absolute atomic E-state index is 0.289. The van der Waals surface area contributed by atoms with Gasteiger partial charge in [-0.15, -0.1) is 0 Å². The van der Waals surface area contributed by atoms with Crippen molar-refractivity contribution >= 4 is 5.97 Å². The van der Waals surface area contributed by atoms with E-state index in [0.29, 0.717) is 18.9 Å². The second-order valence-corrected chi connectivity index (χ2v) is 4.99. The Morgan fingerprint density at radius 2 is 2.28 bits per heavy atom. The summed E-state index contributed by atoms with van der Waals surface area (Å²) >= 11 is 0. The van der Waals surface area contributed by atoms with Gasteiger partial charge in [0, 0.05) is 20.2 Å². The number of rotatable bonds is 6. The molecule has 18 heavy (non-hydrogen) atoms. The van der Waals surface area contributed by atoms with Crippen LogP contribution in [0.3, 0.4) is 0 Å². The summed E-state index contributed by atoms with van der Waals surface area (Å²) in [4.78, 5) is 13.7. The van der Waals surface area contributed by atoms with E-state index in [0.717, 1.165) is 26.1 Å². The Kier molecular flexibility index (Phi) is 6.60. The van der Waals surface area contributed by atoms with Crippen LogP contribution < -0.4 is 5.73 Å². The maximum absolute atomic E-state index is 11.4. The maximum Gasteiger partial charge on any atom is 0.322 e. The van der Waals surface area contributed by atoms with E-state index in [-0.39, 0.29) is 12.1 Å². The Morgan fingerprint density at radius 3 is 2.89 bits per heavy atom. The van der Waals surface area contributed by atoms with Gasteiger partial charge in [0.05, 0.1) is 12.7 Å². The van der Waals surface area contributed by atoms with Crippen molar-refractivity contribution in [3.8, 4) is 0 Å². The molecule has 0 aromatic carbocycles. The molecule has 5 nitrogen and oxygen atoms in total. The van der Waals surface area contributed by atoms with Crippen molar-refractivity contribution in [1.29, 1.82) is 0 Å². The largest absolute Gasteiger partial charge is 0.465 e. The summed E-state index contributed by atoms with van der Waals surface area (Å²) in [6.45, 7) is 7.20. The molecule has 1 saturated heterocycles. The van der Waals surface area contributed by atoms with E-state index < -0.39 is 6.04 Å². The van der Waals surface area contributed by atoms with Crippen molar-refractivity contribution in [3.05, 3.63) is 0 Å². The maximum atomic E-state index is 11.4. The fourth-order valence-corrected chi connectivity index (χ4v) is 2.30. The topological polar surface area (TPSA) is 64.8 Å². The van der Waals surface area contributed by atoms with E-state index in [1.165, 1.54) is 0 Å². The quantitative estimate of drug-likeness (QED) is 0.708. The molecule has 0 aromatic heterocycles. The zero-order valence-corrected chi connectivity index (χ0v) is 11.7. The number of likely N-dealkylation sites (tertiary alicyclic amines) is 1. The van der Waals surface area contributed by atoms with Gasteiger partial charge in [0.1, 0.15) is 6.04 Å². The Morgan fingerprint density at radius 1 is 1.56 bits per heavy atom. The number of nitrogens with two attached hydrogens (primary N) is 1. The summed E-state index contributed by atoms with van der Waals surface area (Å²) < 4.78 is 10.4. The average Bonchev–Trinajstić information content (AvgIpc) is 2.37. The predicted octanol–water partition coefficient (Wildman–Crippen LogP) is 0.624. The van der Waals surface area contributed by atoms with Gasteiger partial charge in [-0.05, 0) is 32.2 Å². The summed E-state index contributed by atoms with van der Waals surface area (Å²) in [6.07, 6.45) is 2.06. The van der Waals surface area contributed by atoms with Crippen LogP contribution in [-0.2, 0) is 14.3 Å². The van der Waals surface area contributed by atoms with Crippen LogP contribution in [0.15, 0.2) is 0 Å². The summed E-state index contributed by atoms with van der Waals surface area (Å²) in [5.41, 5.74) is 5.78. The number of ether oxygens (including phenoxy) is 2. The van der Waals surface area contributed by atoms with Crippen molar-refractivity contribution in [1.82, 2.24) is 4.90 Å². The summed E-state index contributed by atoms with van der Waals surface area (Å²) in [5.74, 6) is 0.302. The van der Waals surface area contributed by atoms with Crippen LogP contribution in [0.2, 0.25) is 0 Å². The van der Waals surface area contributed by atoms with Gasteiger partial charge in [-0.1, -0.05) is 6.92 Å². The smallest absolute Gasteiger partial charge is 0.322 e. The van der Waals surface area contributed by atoms with Crippen molar-refractivity contribution in [2.45, 2.75) is 38.8 Å². The molecule has 0 aromatic rings. The standard InChI is InChI=1S/C13H26N2O3/c1-4-18-13(16)11(14)6-8-15-7-5-10(2)12(9-15)17-3/h10-12H,4-9,14H2,1-3H3. The highest BCUT2D eigenvalue weighted by Gasteiger charge is 2.26. The van der Waals surface area contributed by atoms with Crippen LogP contribution in [0.25, 0.3) is 0 Å². The second-order valence-electron chi connectivity index (χ2n) is 4.99. The number of carbonyl (C=O) groups excluding carboxylic acids is 1. The lowest BCUT2D eigenvalue weighted by atomic mass is 9.95. The fraction of sp³-hybridized carbons (Fsp3) is 0.923. The van der Waals surface area contributed by atoms with Crippen LogP contribution in [0.1, 0.15) is 26.7 Å². The van der Waals surface area contributed by atoms with Gasteiger partial charge < -0.3 is 20.1 Å². The van der Waals surface area contributed by atoms with Crippen LogP contribution >= 0.6 is 0 Å². The van der Waals surface area contributed by atoms with Gasteiger partial charge in [0.2, 0.25) is 0 Å². The van der Waals surface area contributed by atoms with E-state index in [9.17, 15) is 4.79 Å². The van der Waals surface area contributed by atoms with Crippen molar-refractivity contribution < 1.29 is 14.3 Å². The molecule has 2 N–H and O–H groups in total.